The third-order valence-electron chi connectivity index (χ3n) is 1.42. The molecule has 0 aromatic heterocycles. The van der Waals surface area contributed by atoms with E-state index < -0.39 is 26.7 Å². The zero-order valence-electron chi connectivity index (χ0n) is 10.3. The number of allylic oxidation sites excluding steroid dienone is 1. The highest BCUT2D eigenvalue weighted by Crippen LogP contribution is 2.13. The molecular weight excluding hydrogens is 244 g/mol. The average Bonchev–Trinajstić information content (AvgIpc) is 2.11. The van der Waals surface area contributed by atoms with E-state index >= 15 is 0 Å². The lowest BCUT2D eigenvalue weighted by molar-refractivity contribution is -0.146. The highest BCUT2D eigenvalue weighted by molar-refractivity contribution is 6.70. The predicted octanol–water partition coefficient (Wildman–Crippen LogP) is 1.12. The van der Waals surface area contributed by atoms with Crippen LogP contribution < -0.4 is 0 Å². The highest BCUT2D eigenvalue weighted by Gasteiger charge is 2.49. The standard InChI is InChI=1S/C10H16O6Si/c1-5-6-7-17(14-8(2)11,15-9(3)12)16-10(4)13/h6-7H,5H2,1-4H3. The summed E-state index contributed by atoms with van der Waals surface area (Å²) in [5.74, 6) is -2.04. The monoisotopic (exact) mass is 260 g/mol. The van der Waals surface area contributed by atoms with Crippen molar-refractivity contribution < 1.29 is 27.7 Å². The van der Waals surface area contributed by atoms with E-state index in [1.165, 1.54) is 5.70 Å². The van der Waals surface area contributed by atoms with Crippen LogP contribution in [0.25, 0.3) is 0 Å². The molecule has 0 saturated heterocycles. The lowest BCUT2D eigenvalue weighted by Crippen LogP contribution is -2.48. The number of rotatable bonds is 5. The first kappa shape index (κ1) is 15.4. The Kier molecular flexibility index (Phi) is 6.19. The summed E-state index contributed by atoms with van der Waals surface area (Å²) >= 11 is 0. The van der Waals surface area contributed by atoms with E-state index in [9.17, 15) is 14.4 Å². The molecule has 0 aliphatic carbocycles. The molecule has 17 heavy (non-hydrogen) atoms. The molecule has 0 radical (unpaired) electrons. The van der Waals surface area contributed by atoms with Crippen LogP contribution in [-0.2, 0) is 27.7 Å². The Balaban J connectivity index is 5.17. The van der Waals surface area contributed by atoms with Crippen molar-refractivity contribution in [3.8, 4) is 0 Å². The van der Waals surface area contributed by atoms with Crippen LogP contribution >= 0.6 is 0 Å². The van der Waals surface area contributed by atoms with Crippen LogP contribution in [0.1, 0.15) is 34.1 Å². The molecule has 0 aliphatic heterocycles. The highest BCUT2D eigenvalue weighted by atomic mass is 28.4. The first-order valence-corrected chi connectivity index (χ1v) is 6.88. The van der Waals surface area contributed by atoms with E-state index in [-0.39, 0.29) is 0 Å². The minimum atomic E-state index is -3.73. The van der Waals surface area contributed by atoms with Crippen molar-refractivity contribution in [3.05, 3.63) is 11.8 Å². The number of carbonyl (C=O) groups is 3. The second-order valence-corrected chi connectivity index (χ2v) is 5.35. The quantitative estimate of drug-likeness (QED) is 0.689. The van der Waals surface area contributed by atoms with Crippen molar-refractivity contribution in [2.45, 2.75) is 34.1 Å². The first-order chi connectivity index (χ1) is 7.81. The van der Waals surface area contributed by atoms with Crippen molar-refractivity contribution in [2.24, 2.45) is 0 Å². The minimum absolute atomic E-state index is 0.624. The van der Waals surface area contributed by atoms with Gasteiger partial charge in [-0.25, -0.2) is 0 Å². The summed E-state index contributed by atoms with van der Waals surface area (Å²) in [5, 5.41) is 0. The summed E-state index contributed by atoms with van der Waals surface area (Å²) in [5.41, 5.74) is 1.34. The molecule has 0 spiro atoms. The predicted molar refractivity (Wildman–Crippen MR) is 60.5 cm³/mol. The van der Waals surface area contributed by atoms with Crippen molar-refractivity contribution in [1.29, 1.82) is 0 Å². The molecule has 0 aliphatic rings. The Morgan fingerprint density at radius 3 is 1.53 bits per heavy atom. The lowest BCUT2D eigenvalue weighted by atomic mass is 10.5. The van der Waals surface area contributed by atoms with Crippen LogP contribution in [0.15, 0.2) is 11.8 Å². The Labute approximate surface area is 101 Å². The summed E-state index contributed by atoms with van der Waals surface area (Å²) in [6, 6.07) is 0. The Hall–Kier alpha value is -1.63. The van der Waals surface area contributed by atoms with Crippen LogP contribution in [-0.4, -0.2) is 26.7 Å². The zero-order valence-corrected chi connectivity index (χ0v) is 11.3. The molecule has 0 fully saturated rings. The molecule has 0 unspecified atom stereocenters. The van der Waals surface area contributed by atoms with E-state index in [2.05, 4.69) is 0 Å². The summed E-state index contributed by atoms with van der Waals surface area (Å²) < 4.78 is 14.7. The molecule has 0 heterocycles. The van der Waals surface area contributed by atoms with Crippen LogP contribution in [0.2, 0.25) is 0 Å². The molecule has 7 heteroatoms. The van der Waals surface area contributed by atoms with Gasteiger partial charge in [-0.2, -0.15) is 0 Å². The van der Waals surface area contributed by atoms with Crippen LogP contribution in [0.4, 0.5) is 0 Å². The third-order valence-corrected chi connectivity index (χ3v) is 3.78. The molecule has 0 N–H and O–H groups in total. The van der Waals surface area contributed by atoms with E-state index in [1.807, 2.05) is 6.92 Å². The van der Waals surface area contributed by atoms with Crippen LogP contribution in [0.3, 0.4) is 0 Å². The molecule has 96 valence electrons. The smallest absolute Gasteiger partial charge is 0.452 e. The molecular formula is C10H16O6Si. The summed E-state index contributed by atoms with van der Waals surface area (Å²) in [4.78, 5) is 32.9. The van der Waals surface area contributed by atoms with Gasteiger partial charge in [0.15, 0.2) is 0 Å². The topological polar surface area (TPSA) is 78.9 Å². The number of carbonyl (C=O) groups excluding carboxylic acids is 3. The minimum Gasteiger partial charge on any atom is -0.452 e. The molecule has 6 nitrogen and oxygen atoms in total. The van der Waals surface area contributed by atoms with Gasteiger partial charge in [0.25, 0.3) is 17.9 Å². The number of hydrogen-bond acceptors (Lipinski definition) is 6. The largest absolute Gasteiger partial charge is 0.734 e. The molecule has 0 aromatic rings. The van der Waals surface area contributed by atoms with E-state index in [0.29, 0.717) is 6.42 Å². The molecule has 0 amide bonds. The Morgan fingerprint density at radius 2 is 1.29 bits per heavy atom. The fourth-order valence-corrected chi connectivity index (χ4v) is 3.08. The molecule has 0 saturated carbocycles. The van der Waals surface area contributed by atoms with Gasteiger partial charge >= 0.3 is 8.80 Å². The van der Waals surface area contributed by atoms with Gasteiger partial charge in [-0.1, -0.05) is 13.0 Å². The van der Waals surface area contributed by atoms with Gasteiger partial charge in [0, 0.05) is 26.5 Å². The van der Waals surface area contributed by atoms with Gasteiger partial charge in [-0.3, -0.25) is 14.4 Å². The second-order valence-electron chi connectivity index (χ2n) is 3.20. The maximum Gasteiger partial charge on any atom is 0.734 e. The number of hydrogen-bond donors (Lipinski definition) is 0. The van der Waals surface area contributed by atoms with Crippen molar-refractivity contribution in [3.63, 3.8) is 0 Å². The summed E-state index contributed by atoms with van der Waals surface area (Å²) in [7, 11) is -3.73. The molecule has 0 aromatic carbocycles. The van der Waals surface area contributed by atoms with Gasteiger partial charge < -0.3 is 13.3 Å². The van der Waals surface area contributed by atoms with Crippen molar-refractivity contribution in [2.75, 3.05) is 0 Å². The average molecular weight is 260 g/mol. The fraction of sp³-hybridized carbons (Fsp3) is 0.500. The van der Waals surface area contributed by atoms with E-state index in [0.717, 1.165) is 20.8 Å². The van der Waals surface area contributed by atoms with Gasteiger partial charge in [0.2, 0.25) is 0 Å². The van der Waals surface area contributed by atoms with Crippen molar-refractivity contribution in [1.82, 2.24) is 0 Å². The molecule has 0 rings (SSSR count). The summed E-state index contributed by atoms with van der Waals surface area (Å²) in [6.45, 7) is 5.28. The summed E-state index contributed by atoms with van der Waals surface area (Å²) in [6.07, 6.45) is 2.24. The fourth-order valence-electron chi connectivity index (χ4n) is 1.03. The first-order valence-electron chi connectivity index (χ1n) is 5.07. The Bertz CT molecular complexity index is 295. The molecule has 0 atom stereocenters. The normalized spacial score (nSPS) is 11.1. The van der Waals surface area contributed by atoms with Gasteiger partial charge in [-0.15, -0.1) is 0 Å². The van der Waals surface area contributed by atoms with E-state index in [4.69, 9.17) is 13.3 Å². The van der Waals surface area contributed by atoms with Crippen molar-refractivity contribution >= 4 is 26.7 Å². The SMILES string of the molecule is CCC=C[Si](OC(C)=O)(OC(C)=O)OC(C)=O. The maximum atomic E-state index is 11.0. The van der Waals surface area contributed by atoms with Crippen LogP contribution in [0, 0.1) is 0 Å². The van der Waals surface area contributed by atoms with Gasteiger partial charge in [0.05, 0.1) is 0 Å². The van der Waals surface area contributed by atoms with E-state index in [1.54, 1.807) is 6.08 Å². The second kappa shape index (κ2) is 6.84. The third kappa shape index (κ3) is 6.51. The molecule has 0 bridgehead atoms. The lowest BCUT2D eigenvalue weighted by Gasteiger charge is -2.23. The zero-order chi connectivity index (χ0) is 13.5. The van der Waals surface area contributed by atoms with Crippen LogP contribution in [0.5, 0.6) is 0 Å². The Morgan fingerprint density at radius 1 is 0.941 bits per heavy atom. The van der Waals surface area contributed by atoms with Gasteiger partial charge in [-0.05, 0) is 6.42 Å². The van der Waals surface area contributed by atoms with Gasteiger partial charge in [0.1, 0.15) is 0 Å². The maximum absolute atomic E-state index is 11.0.